The summed E-state index contributed by atoms with van der Waals surface area (Å²) in [6.07, 6.45) is 0.294. The summed E-state index contributed by atoms with van der Waals surface area (Å²) >= 11 is 0. The van der Waals surface area contributed by atoms with Gasteiger partial charge < -0.3 is 10.4 Å². The van der Waals surface area contributed by atoms with E-state index in [1.54, 1.807) is 6.92 Å². The number of benzene rings is 1. The molecule has 4 nitrogen and oxygen atoms in total. The quantitative estimate of drug-likeness (QED) is 0.814. The number of hydrogen-bond donors (Lipinski definition) is 2. The highest BCUT2D eigenvalue weighted by molar-refractivity contribution is 5.96. The van der Waals surface area contributed by atoms with Gasteiger partial charge in [0.2, 0.25) is 0 Å². The molecule has 5 heteroatoms. The normalized spacial score (nSPS) is 11.9. The van der Waals surface area contributed by atoms with E-state index in [9.17, 15) is 14.0 Å². The van der Waals surface area contributed by atoms with Crippen LogP contribution in [0.1, 0.15) is 23.7 Å². The van der Waals surface area contributed by atoms with Crippen LogP contribution in [0.25, 0.3) is 0 Å². The summed E-state index contributed by atoms with van der Waals surface area (Å²) in [6.45, 7) is 1.66. The lowest BCUT2D eigenvalue weighted by molar-refractivity contribution is -0.139. The minimum atomic E-state index is -1.09. The molecule has 1 aromatic carbocycles. The van der Waals surface area contributed by atoms with Gasteiger partial charge in [-0.15, -0.1) is 0 Å². The molecule has 0 bridgehead atoms. The maximum atomic E-state index is 12.6. The van der Waals surface area contributed by atoms with Crippen molar-refractivity contribution in [3.63, 3.8) is 0 Å². The topological polar surface area (TPSA) is 66.4 Å². The van der Waals surface area contributed by atoms with Crippen molar-refractivity contribution in [2.45, 2.75) is 19.4 Å². The Morgan fingerprint density at radius 2 is 1.94 bits per heavy atom. The summed E-state index contributed by atoms with van der Waals surface area (Å²) in [5.74, 6) is -2.05. The first-order valence-electron chi connectivity index (χ1n) is 4.83. The summed E-state index contributed by atoms with van der Waals surface area (Å²) < 4.78 is 12.6. The largest absolute Gasteiger partial charge is 0.480 e. The highest BCUT2D eigenvalue weighted by Gasteiger charge is 2.18. The Kier molecular flexibility index (Phi) is 3.99. The molecule has 0 spiro atoms. The number of halogens is 1. The van der Waals surface area contributed by atoms with Crippen molar-refractivity contribution in [3.8, 4) is 0 Å². The van der Waals surface area contributed by atoms with Gasteiger partial charge in [-0.2, -0.15) is 0 Å². The number of carbonyl (C=O) groups is 2. The Hall–Kier alpha value is -1.91. The number of rotatable bonds is 4. The zero-order valence-corrected chi connectivity index (χ0v) is 8.74. The molecule has 1 aromatic rings. The van der Waals surface area contributed by atoms with Crippen LogP contribution in [0, 0.1) is 5.82 Å². The van der Waals surface area contributed by atoms with Crippen molar-refractivity contribution in [1.82, 2.24) is 5.32 Å². The second kappa shape index (κ2) is 5.25. The molecule has 0 aliphatic rings. The number of amides is 1. The smallest absolute Gasteiger partial charge is 0.326 e. The molecule has 0 heterocycles. The Balaban J connectivity index is 2.71. The number of carboxylic acids is 1. The van der Waals surface area contributed by atoms with Gasteiger partial charge >= 0.3 is 5.97 Å². The van der Waals surface area contributed by atoms with E-state index < -0.39 is 23.7 Å². The predicted octanol–water partition coefficient (Wildman–Crippen LogP) is 1.42. The molecule has 1 atom stereocenters. The Labute approximate surface area is 92.1 Å². The van der Waals surface area contributed by atoms with E-state index in [0.29, 0.717) is 6.42 Å². The molecule has 0 aliphatic carbocycles. The van der Waals surface area contributed by atoms with Crippen molar-refractivity contribution < 1.29 is 19.1 Å². The maximum Gasteiger partial charge on any atom is 0.326 e. The van der Waals surface area contributed by atoms with Gasteiger partial charge in [-0.25, -0.2) is 9.18 Å². The fraction of sp³-hybridized carbons (Fsp3) is 0.273. The molecule has 86 valence electrons. The molecule has 0 aliphatic heterocycles. The number of carboxylic acid groups (broad SMARTS) is 1. The maximum absolute atomic E-state index is 12.6. The molecule has 0 aromatic heterocycles. The van der Waals surface area contributed by atoms with E-state index in [1.165, 1.54) is 12.1 Å². The first-order chi connectivity index (χ1) is 7.54. The minimum absolute atomic E-state index is 0.237. The van der Waals surface area contributed by atoms with Gasteiger partial charge in [0, 0.05) is 5.56 Å². The van der Waals surface area contributed by atoms with Gasteiger partial charge in [0.05, 0.1) is 0 Å². The first-order valence-corrected chi connectivity index (χ1v) is 4.83. The number of carbonyl (C=O) groups excluding carboxylic acids is 1. The van der Waals surface area contributed by atoms with Crippen molar-refractivity contribution >= 4 is 11.9 Å². The van der Waals surface area contributed by atoms with Crippen molar-refractivity contribution in [1.29, 1.82) is 0 Å². The van der Waals surface area contributed by atoms with E-state index in [-0.39, 0.29) is 5.56 Å². The molecule has 2 N–H and O–H groups in total. The standard InChI is InChI=1S/C11H12FNO3/c1-2-9(11(15)16)13-10(14)7-3-5-8(12)6-4-7/h3-6,9H,2H2,1H3,(H,13,14)(H,15,16). The summed E-state index contributed by atoms with van der Waals surface area (Å²) in [4.78, 5) is 22.2. The van der Waals surface area contributed by atoms with E-state index in [2.05, 4.69) is 5.32 Å². The molecule has 1 unspecified atom stereocenters. The third kappa shape index (κ3) is 3.05. The van der Waals surface area contributed by atoms with Crippen LogP contribution in [0.15, 0.2) is 24.3 Å². The van der Waals surface area contributed by atoms with E-state index in [4.69, 9.17) is 5.11 Å². The number of nitrogens with one attached hydrogen (secondary N) is 1. The zero-order valence-electron chi connectivity index (χ0n) is 8.74. The summed E-state index contributed by atoms with van der Waals surface area (Å²) in [5.41, 5.74) is 0.237. The van der Waals surface area contributed by atoms with Gasteiger partial charge in [-0.05, 0) is 30.7 Å². The predicted molar refractivity (Wildman–Crippen MR) is 55.6 cm³/mol. The second-order valence-corrected chi connectivity index (χ2v) is 3.28. The van der Waals surface area contributed by atoms with Crippen LogP contribution >= 0.6 is 0 Å². The van der Waals surface area contributed by atoms with Crippen LogP contribution in [-0.4, -0.2) is 23.0 Å². The average Bonchev–Trinajstić information content (AvgIpc) is 2.26. The highest BCUT2D eigenvalue weighted by atomic mass is 19.1. The van der Waals surface area contributed by atoms with Gasteiger partial charge in [0.1, 0.15) is 11.9 Å². The third-order valence-corrected chi connectivity index (χ3v) is 2.12. The lowest BCUT2D eigenvalue weighted by atomic mass is 10.1. The average molecular weight is 225 g/mol. The molecule has 0 fully saturated rings. The van der Waals surface area contributed by atoms with Gasteiger partial charge in [0.25, 0.3) is 5.91 Å². The molecule has 0 saturated heterocycles. The van der Waals surface area contributed by atoms with Crippen LogP contribution in [0.2, 0.25) is 0 Å². The summed E-state index contributed by atoms with van der Waals surface area (Å²) in [5, 5.41) is 11.1. The fourth-order valence-electron chi connectivity index (χ4n) is 1.18. The first kappa shape index (κ1) is 12.2. The highest BCUT2D eigenvalue weighted by Crippen LogP contribution is 2.03. The SMILES string of the molecule is CCC(NC(=O)c1ccc(F)cc1)C(=O)O. The van der Waals surface area contributed by atoms with Crippen LogP contribution in [-0.2, 0) is 4.79 Å². The van der Waals surface area contributed by atoms with Crippen LogP contribution < -0.4 is 5.32 Å². The van der Waals surface area contributed by atoms with Crippen LogP contribution in [0.4, 0.5) is 4.39 Å². The molecule has 1 rings (SSSR count). The lowest BCUT2D eigenvalue weighted by Gasteiger charge is -2.11. The van der Waals surface area contributed by atoms with Gasteiger partial charge in [-0.3, -0.25) is 4.79 Å². The van der Waals surface area contributed by atoms with Crippen molar-refractivity contribution in [2.75, 3.05) is 0 Å². The fourth-order valence-corrected chi connectivity index (χ4v) is 1.18. The molecular formula is C11H12FNO3. The minimum Gasteiger partial charge on any atom is -0.480 e. The van der Waals surface area contributed by atoms with E-state index in [0.717, 1.165) is 12.1 Å². The van der Waals surface area contributed by atoms with E-state index in [1.807, 2.05) is 0 Å². The van der Waals surface area contributed by atoms with Gasteiger partial charge in [-0.1, -0.05) is 6.92 Å². The molecule has 16 heavy (non-hydrogen) atoms. The lowest BCUT2D eigenvalue weighted by Crippen LogP contribution is -2.40. The van der Waals surface area contributed by atoms with Crippen molar-refractivity contribution in [2.24, 2.45) is 0 Å². The Morgan fingerprint density at radius 1 is 1.38 bits per heavy atom. The molecule has 0 saturated carbocycles. The summed E-state index contributed by atoms with van der Waals surface area (Å²) in [7, 11) is 0. The summed E-state index contributed by atoms with van der Waals surface area (Å²) in [6, 6.07) is 3.99. The molecule has 1 amide bonds. The Bertz CT molecular complexity index is 389. The van der Waals surface area contributed by atoms with Crippen molar-refractivity contribution in [3.05, 3.63) is 35.6 Å². The zero-order chi connectivity index (χ0) is 12.1. The van der Waals surface area contributed by atoms with Crippen LogP contribution in [0.5, 0.6) is 0 Å². The van der Waals surface area contributed by atoms with Gasteiger partial charge in [0.15, 0.2) is 0 Å². The number of aliphatic carboxylic acids is 1. The third-order valence-electron chi connectivity index (χ3n) is 2.12. The molecule has 0 radical (unpaired) electrons. The number of hydrogen-bond acceptors (Lipinski definition) is 2. The van der Waals surface area contributed by atoms with E-state index >= 15 is 0 Å². The van der Waals surface area contributed by atoms with Crippen LogP contribution in [0.3, 0.4) is 0 Å². The molecular weight excluding hydrogens is 213 g/mol. The second-order valence-electron chi connectivity index (χ2n) is 3.28. The monoisotopic (exact) mass is 225 g/mol. The Morgan fingerprint density at radius 3 is 2.38 bits per heavy atom.